The van der Waals surface area contributed by atoms with Crippen molar-refractivity contribution in [3.63, 3.8) is 0 Å². The molecule has 0 N–H and O–H groups in total. The van der Waals surface area contributed by atoms with Gasteiger partial charge in [-0.1, -0.05) is 52.5 Å². The molecule has 17 heavy (non-hydrogen) atoms. The van der Waals surface area contributed by atoms with E-state index in [4.69, 9.17) is 16.9 Å². The summed E-state index contributed by atoms with van der Waals surface area (Å²) in [5.74, 6) is 0. The zero-order valence-corrected chi connectivity index (χ0v) is 11.9. The molecule has 0 fully saturated rings. The quantitative estimate of drug-likeness (QED) is 0.804. The van der Waals surface area contributed by atoms with E-state index >= 15 is 0 Å². The van der Waals surface area contributed by atoms with Gasteiger partial charge in [0.25, 0.3) is 0 Å². The van der Waals surface area contributed by atoms with E-state index in [1.807, 2.05) is 18.4 Å². The van der Waals surface area contributed by atoms with Crippen LogP contribution in [0.3, 0.4) is 0 Å². The first kappa shape index (κ1) is 12.7. The number of nitrogens with zero attached hydrogens (tertiary/aromatic N) is 3. The van der Waals surface area contributed by atoms with Crippen LogP contribution in [-0.4, -0.2) is 16.5 Å². The van der Waals surface area contributed by atoms with Crippen LogP contribution in [0.15, 0.2) is 31.8 Å². The first-order valence-corrected chi connectivity index (χ1v) is 7.72. The maximum atomic E-state index is 9.04. The van der Waals surface area contributed by atoms with Crippen LogP contribution >= 0.6 is 46.5 Å². The molecule has 1 heterocycles. The second-order valence-corrected chi connectivity index (χ2v) is 6.59. The molecule has 86 valence electrons. The van der Waals surface area contributed by atoms with Gasteiger partial charge in [-0.25, -0.2) is 0 Å². The Balaban J connectivity index is 2.30. The van der Waals surface area contributed by atoms with Crippen molar-refractivity contribution in [2.75, 3.05) is 6.26 Å². The van der Waals surface area contributed by atoms with Gasteiger partial charge in [0, 0.05) is 4.90 Å². The Hall–Kier alpha value is -0.740. The van der Waals surface area contributed by atoms with Gasteiger partial charge in [-0.3, -0.25) is 0 Å². The topological polar surface area (TPSA) is 49.6 Å². The molecule has 0 radical (unpaired) electrons. The lowest BCUT2D eigenvalue weighted by molar-refractivity contribution is 0.955. The second-order valence-electron chi connectivity index (χ2n) is 2.86. The normalized spacial score (nSPS) is 10.2. The highest BCUT2D eigenvalue weighted by molar-refractivity contribution is 8.03. The van der Waals surface area contributed by atoms with Crippen molar-refractivity contribution < 1.29 is 0 Å². The summed E-state index contributed by atoms with van der Waals surface area (Å²) in [6.45, 7) is 0. The van der Waals surface area contributed by atoms with Gasteiger partial charge in [0.1, 0.15) is 6.07 Å². The summed E-state index contributed by atoms with van der Waals surface area (Å²) in [5.41, 5.74) is 0.486. The van der Waals surface area contributed by atoms with Crippen LogP contribution < -0.4 is 0 Å². The van der Waals surface area contributed by atoms with Gasteiger partial charge in [-0.05, 0) is 18.4 Å². The van der Waals surface area contributed by atoms with Gasteiger partial charge < -0.3 is 0 Å². The van der Waals surface area contributed by atoms with Crippen LogP contribution in [0.4, 0.5) is 0 Å². The zero-order valence-electron chi connectivity index (χ0n) is 8.68. The zero-order chi connectivity index (χ0) is 12.3. The molecule has 2 rings (SSSR count). The van der Waals surface area contributed by atoms with E-state index in [0.717, 1.165) is 13.6 Å². The van der Waals surface area contributed by atoms with E-state index in [2.05, 4.69) is 16.3 Å². The Morgan fingerprint density at radius 2 is 2.12 bits per heavy atom. The third-order valence-electron chi connectivity index (χ3n) is 1.85. The van der Waals surface area contributed by atoms with Gasteiger partial charge in [0.15, 0.2) is 8.68 Å². The van der Waals surface area contributed by atoms with Crippen molar-refractivity contribution in [3.8, 4) is 6.07 Å². The highest BCUT2D eigenvalue weighted by atomic mass is 35.5. The maximum Gasteiger partial charge on any atom is 0.179 e. The van der Waals surface area contributed by atoms with Gasteiger partial charge in [-0.15, -0.1) is 10.2 Å². The number of halogens is 1. The van der Waals surface area contributed by atoms with E-state index in [1.165, 1.54) is 23.1 Å². The fourth-order valence-electron chi connectivity index (χ4n) is 1.11. The molecule has 0 saturated carbocycles. The van der Waals surface area contributed by atoms with E-state index in [9.17, 15) is 0 Å². The summed E-state index contributed by atoms with van der Waals surface area (Å²) in [6, 6.07) is 7.49. The van der Waals surface area contributed by atoms with Gasteiger partial charge in [-0.2, -0.15) is 5.26 Å². The average molecular weight is 300 g/mol. The van der Waals surface area contributed by atoms with Crippen LogP contribution in [0.25, 0.3) is 0 Å². The number of rotatable bonds is 3. The number of aromatic nitrogens is 2. The minimum atomic E-state index is 0.465. The molecule has 0 saturated heterocycles. The molecule has 1 aromatic carbocycles. The third-order valence-corrected chi connectivity index (χ3v) is 5.17. The Morgan fingerprint density at radius 1 is 1.35 bits per heavy atom. The Labute approximate surface area is 116 Å². The van der Waals surface area contributed by atoms with Crippen molar-refractivity contribution in [1.82, 2.24) is 10.2 Å². The van der Waals surface area contributed by atoms with Crippen LogP contribution in [0.5, 0.6) is 0 Å². The summed E-state index contributed by atoms with van der Waals surface area (Å²) in [4.78, 5) is 0.809. The number of hydrogen-bond acceptors (Lipinski definition) is 6. The smallest absolute Gasteiger partial charge is 0.179 e. The standard InChI is InChI=1S/C10H6ClN3S3/c1-15-9-13-14-10(17-9)16-8-4-2-3-7(11)6(8)5-12/h2-4H,1H3. The number of hydrogen-bond donors (Lipinski definition) is 0. The molecule has 1 aromatic heterocycles. The lowest BCUT2D eigenvalue weighted by Crippen LogP contribution is -1.82. The van der Waals surface area contributed by atoms with E-state index in [1.54, 1.807) is 17.8 Å². The van der Waals surface area contributed by atoms with Crippen molar-refractivity contribution >= 4 is 46.5 Å². The van der Waals surface area contributed by atoms with Crippen LogP contribution in [-0.2, 0) is 0 Å². The summed E-state index contributed by atoms with van der Waals surface area (Å²) < 4.78 is 1.72. The Morgan fingerprint density at radius 3 is 2.76 bits per heavy atom. The molecule has 0 amide bonds. The van der Waals surface area contributed by atoms with E-state index in [0.29, 0.717) is 10.6 Å². The molecule has 0 aliphatic heterocycles. The summed E-state index contributed by atoms with van der Waals surface area (Å²) in [7, 11) is 0. The van der Waals surface area contributed by atoms with E-state index < -0.39 is 0 Å². The van der Waals surface area contributed by atoms with E-state index in [-0.39, 0.29) is 0 Å². The fourth-order valence-corrected chi connectivity index (χ4v) is 3.90. The monoisotopic (exact) mass is 299 g/mol. The second kappa shape index (κ2) is 5.74. The lowest BCUT2D eigenvalue weighted by Gasteiger charge is -2.01. The molecule has 0 unspecified atom stereocenters. The molecule has 3 nitrogen and oxygen atoms in total. The Bertz CT molecular complexity index is 576. The van der Waals surface area contributed by atoms with Crippen molar-refractivity contribution in [2.24, 2.45) is 0 Å². The van der Waals surface area contributed by atoms with Crippen LogP contribution in [0.2, 0.25) is 5.02 Å². The fraction of sp³-hybridized carbons (Fsp3) is 0.100. The minimum Gasteiger partial charge on any atom is -0.192 e. The molecule has 2 aromatic rings. The highest BCUT2D eigenvalue weighted by Crippen LogP contribution is 2.36. The predicted molar refractivity (Wildman–Crippen MR) is 72.0 cm³/mol. The average Bonchev–Trinajstić information content (AvgIpc) is 2.77. The molecule has 0 spiro atoms. The lowest BCUT2D eigenvalue weighted by atomic mass is 10.2. The Kier molecular flexibility index (Phi) is 4.29. The van der Waals surface area contributed by atoms with Gasteiger partial charge >= 0.3 is 0 Å². The minimum absolute atomic E-state index is 0.465. The SMILES string of the molecule is CSc1nnc(Sc2cccc(Cl)c2C#N)s1. The first-order valence-electron chi connectivity index (χ1n) is 4.48. The summed E-state index contributed by atoms with van der Waals surface area (Å²) in [6.07, 6.45) is 1.95. The number of thioether (sulfide) groups is 1. The molecule has 0 aliphatic rings. The first-order chi connectivity index (χ1) is 8.24. The van der Waals surface area contributed by atoms with Crippen molar-refractivity contribution in [1.29, 1.82) is 5.26 Å². The third kappa shape index (κ3) is 2.93. The molecule has 0 bridgehead atoms. The largest absolute Gasteiger partial charge is 0.192 e. The molecular formula is C10H6ClN3S3. The number of benzene rings is 1. The van der Waals surface area contributed by atoms with Crippen molar-refractivity contribution in [2.45, 2.75) is 13.6 Å². The van der Waals surface area contributed by atoms with Crippen LogP contribution in [0, 0.1) is 11.3 Å². The summed E-state index contributed by atoms with van der Waals surface area (Å²) >= 11 is 10.4. The molecule has 7 heteroatoms. The maximum absolute atomic E-state index is 9.04. The molecule has 0 aliphatic carbocycles. The van der Waals surface area contributed by atoms with Gasteiger partial charge in [0.2, 0.25) is 0 Å². The highest BCUT2D eigenvalue weighted by Gasteiger charge is 2.11. The molecular weight excluding hydrogens is 294 g/mol. The van der Waals surface area contributed by atoms with Gasteiger partial charge in [0.05, 0.1) is 10.6 Å². The predicted octanol–water partition coefficient (Wildman–Crippen LogP) is 3.94. The van der Waals surface area contributed by atoms with Crippen molar-refractivity contribution in [3.05, 3.63) is 28.8 Å². The number of nitriles is 1. The summed E-state index contributed by atoms with van der Waals surface area (Å²) in [5, 5.41) is 17.6. The van der Waals surface area contributed by atoms with Crippen LogP contribution in [0.1, 0.15) is 5.56 Å². The molecule has 0 atom stereocenters.